The highest BCUT2D eigenvalue weighted by Crippen LogP contribution is 2.15. The predicted octanol–water partition coefficient (Wildman–Crippen LogP) is 0.376. The number of sulfone groups is 1. The highest BCUT2D eigenvalue weighted by Gasteiger charge is 2.28. The molecule has 1 fully saturated rings. The summed E-state index contributed by atoms with van der Waals surface area (Å²) in [5.74, 6) is 0.779. The van der Waals surface area contributed by atoms with Gasteiger partial charge < -0.3 is 15.5 Å². The molecule has 7 nitrogen and oxygen atoms in total. The number of nitrogens with zero attached hydrogens (tertiary/aromatic N) is 2. The van der Waals surface area contributed by atoms with Gasteiger partial charge in [0, 0.05) is 32.6 Å². The van der Waals surface area contributed by atoms with Crippen molar-refractivity contribution in [3.63, 3.8) is 0 Å². The fourth-order valence-corrected chi connectivity index (χ4v) is 3.17. The van der Waals surface area contributed by atoms with E-state index in [1.165, 1.54) is 0 Å². The number of amides is 1. The molecule has 2 N–H and O–H groups in total. The van der Waals surface area contributed by atoms with E-state index in [1.807, 2.05) is 6.92 Å². The number of likely N-dealkylation sites (tertiary alicyclic amines) is 1. The van der Waals surface area contributed by atoms with Gasteiger partial charge in [0.25, 0.3) is 0 Å². The van der Waals surface area contributed by atoms with Crippen molar-refractivity contribution in [3.05, 3.63) is 0 Å². The molecule has 1 unspecified atom stereocenters. The summed E-state index contributed by atoms with van der Waals surface area (Å²) in [6.45, 7) is 8.60. The molecule has 1 saturated heterocycles. The van der Waals surface area contributed by atoms with Crippen molar-refractivity contribution in [1.29, 1.82) is 0 Å². The lowest BCUT2D eigenvalue weighted by Gasteiger charge is -2.31. The van der Waals surface area contributed by atoms with Gasteiger partial charge in [-0.2, -0.15) is 0 Å². The van der Waals surface area contributed by atoms with Crippen LogP contribution in [0.5, 0.6) is 0 Å². The molecule has 0 radical (unpaired) electrons. The normalized spacial score (nSPS) is 20.6. The standard InChI is InChI=1S/C15H30N4O3S/c1-6-16-14(17-9-10-23(21,22)15(2,3)4)18-12-7-8-13(20)19(5)11-12/h12H,6-11H2,1-5H3,(H2,16,17,18). The summed E-state index contributed by atoms with van der Waals surface area (Å²) in [7, 11) is -1.39. The lowest BCUT2D eigenvalue weighted by Crippen LogP contribution is -2.51. The number of likely N-dealkylation sites (N-methyl/N-ethyl adjacent to an activating group) is 1. The molecule has 0 saturated carbocycles. The molecular formula is C15H30N4O3S. The number of hydrogen-bond donors (Lipinski definition) is 2. The molecule has 1 amide bonds. The third-order valence-electron chi connectivity index (χ3n) is 3.87. The van der Waals surface area contributed by atoms with E-state index in [0.717, 1.165) is 6.42 Å². The summed E-state index contributed by atoms with van der Waals surface area (Å²) in [6, 6.07) is 0.134. The van der Waals surface area contributed by atoms with Crippen molar-refractivity contribution >= 4 is 21.7 Å². The highest BCUT2D eigenvalue weighted by molar-refractivity contribution is 7.92. The molecular weight excluding hydrogens is 316 g/mol. The first-order chi connectivity index (χ1) is 10.6. The second kappa shape index (κ2) is 7.99. The smallest absolute Gasteiger partial charge is 0.222 e. The Kier molecular flexibility index (Phi) is 6.85. The summed E-state index contributed by atoms with van der Waals surface area (Å²) >= 11 is 0. The van der Waals surface area contributed by atoms with Gasteiger partial charge in [0.05, 0.1) is 17.0 Å². The first-order valence-corrected chi connectivity index (χ1v) is 9.73. The molecule has 1 aliphatic rings. The first-order valence-electron chi connectivity index (χ1n) is 8.08. The monoisotopic (exact) mass is 346 g/mol. The summed E-state index contributed by atoms with van der Waals surface area (Å²) in [5, 5.41) is 6.40. The van der Waals surface area contributed by atoms with Crippen LogP contribution < -0.4 is 10.6 Å². The Labute approximate surface area is 139 Å². The number of rotatable bonds is 5. The molecule has 134 valence electrons. The second-order valence-electron chi connectivity index (χ2n) is 6.85. The van der Waals surface area contributed by atoms with Gasteiger partial charge in [0.2, 0.25) is 5.91 Å². The van der Waals surface area contributed by atoms with E-state index in [2.05, 4.69) is 15.6 Å². The average Bonchev–Trinajstić information content (AvgIpc) is 2.41. The Bertz CT molecular complexity index is 537. The lowest BCUT2D eigenvalue weighted by molar-refractivity contribution is -0.132. The summed E-state index contributed by atoms with van der Waals surface area (Å²) in [6.07, 6.45) is 1.28. The van der Waals surface area contributed by atoms with Crippen LogP contribution in [0.4, 0.5) is 0 Å². The second-order valence-corrected chi connectivity index (χ2v) is 9.71. The van der Waals surface area contributed by atoms with E-state index < -0.39 is 14.6 Å². The van der Waals surface area contributed by atoms with Gasteiger partial charge in [-0.05, 0) is 34.1 Å². The maximum atomic E-state index is 12.1. The lowest BCUT2D eigenvalue weighted by atomic mass is 10.1. The molecule has 1 aliphatic heterocycles. The number of piperidine rings is 1. The zero-order valence-electron chi connectivity index (χ0n) is 14.8. The van der Waals surface area contributed by atoms with Gasteiger partial charge in [0.1, 0.15) is 0 Å². The minimum absolute atomic E-state index is 0.0239. The van der Waals surface area contributed by atoms with Gasteiger partial charge in [-0.25, -0.2) is 8.42 Å². The summed E-state index contributed by atoms with van der Waals surface area (Å²) in [4.78, 5) is 17.6. The molecule has 1 heterocycles. The Morgan fingerprint density at radius 1 is 1.39 bits per heavy atom. The molecule has 0 aromatic carbocycles. The van der Waals surface area contributed by atoms with Crippen molar-refractivity contribution in [2.75, 3.05) is 32.4 Å². The number of aliphatic imine (C=N–C) groups is 1. The van der Waals surface area contributed by atoms with Crippen LogP contribution in [0.15, 0.2) is 4.99 Å². The Hall–Kier alpha value is -1.31. The molecule has 0 aromatic heterocycles. The Morgan fingerprint density at radius 2 is 2.04 bits per heavy atom. The van der Waals surface area contributed by atoms with Crippen molar-refractivity contribution < 1.29 is 13.2 Å². The minimum Gasteiger partial charge on any atom is -0.357 e. The molecule has 0 bridgehead atoms. The third kappa shape index (κ3) is 6.01. The van der Waals surface area contributed by atoms with E-state index in [1.54, 1.807) is 32.7 Å². The zero-order valence-corrected chi connectivity index (χ0v) is 15.7. The van der Waals surface area contributed by atoms with E-state index in [0.29, 0.717) is 25.5 Å². The fourth-order valence-electron chi connectivity index (χ4n) is 2.23. The molecule has 8 heteroatoms. The zero-order chi connectivity index (χ0) is 17.7. The number of carbonyl (C=O) groups excluding carboxylic acids is 1. The van der Waals surface area contributed by atoms with Crippen LogP contribution in [0, 0.1) is 0 Å². The van der Waals surface area contributed by atoms with Crippen molar-refractivity contribution in [2.24, 2.45) is 4.99 Å². The number of nitrogens with one attached hydrogen (secondary N) is 2. The molecule has 0 spiro atoms. The maximum absolute atomic E-state index is 12.1. The maximum Gasteiger partial charge on any atom is 0.222 e. The number of hydrogen-bond acceptors (Lipinski definition) is 4. The summed E-state index contributed by atoms with van der Waals surface area (Å²) in [5.41, 5.74) is 0. The van der Waals surface area contributed by atoms with Crippen LogP contribution >= 0.6 is 0 Å². The minimum atomic E-state index is -3.17. The van der Waals surface area contributed by atoms with E-state index in [9.17, 15) is 13.2 Å². The number of guanidine groups is 1. The molecule has 1 rings (SSSR count). The average molecular weight is 346 g/mol. The van der Waals surface area contributed by atoms with Gasteiger partial charge in [-0.15, -0.1) is 0 Å². The highest BCUT2D eigenvalue weighted by atomic mass is 32.2. The Morgan fingerprint density at radius 3 is 2.57 bits per heavy atom. The molecule has 1 atom stereocenters. The van der Waals surface area contributed by atoms with Crippen LogP contribution in [0.25, 0.3) is 0 Å². The summed E-state index contributed by atoms with van der Waals surface area (Å²) < 4.78 is 23.4. The quantitative estimate of drug-likeness (QED) is 0.555. The van der Waals surface area contributed by atoms with Gasteiger partial charge in [-0.1, -0.05) is 0 Å². The largest absolute Gasteiger partial charge is 0.357 e. The van der Waals surface area contributed by atoms with Crippen LogP contribution in [0.1, 0.15) is 40.5 Å². The van der Waals surface area contributed by atoms with Crippen LogP contribution in [0.2, 0.25) is 0 Å². The topological polar surface area (TPSA) is 90.9 Å². The third-order valence-corrected chi connectivity index (χ3v) is 6.46. The van der Waals surface area contributed by atoms with E-state index in [-0.39, 0.29) is 24.2 Å². The fraction of sp³-hybridized carbons (Fsp3) is 0.867. The first kappa shape index (κ1) is 19.7. The van der Waals surface area contributed by atoms with E-state index in [4.69, 9.17) is 0 Å². The van der Waals surface area contributed by atoms with Gasteiger partial charge in [0.15, 0.2) is 15.8 Å². The SMILES string of the molecule is CCNC(=NCCS(=O)(=O)C(C)(C)C)NC1CCC(=O)N(C)C1. The van der Waals surface area contributed by atoms with Crippen LogP contribution in [-0.4, -0.2) is 68.4 Å². The van der Waals surface area contributed by atoms with Crippen LogP contribution in [0.3, 0.4) is 0 Å². The predicted molar refractivity (Wildman–Crippen MR) is 93.3 cm³/mol. The van der Waals surface area contributed by atoms with E-state index >= 15 is 0 Å². The van der Waals surface area contributed by atoms with Crippen molar-refractivity contribution in [1.82, 2.24) is 15.5 Å². The van der Waals surface area contributed by atoms with Crippen molar-refractivity contribution in [2.45, 2.75) is 51.3 Å². The van der Waals surface area contributed by atoms with Crippen LogP contribution in [-0.2, 0) is 14.6 Å². The Balaban J connectivity index is 2.62. The number of carbonyl (C=O) groups is 1. The van der Waals surface area contributed by atoms with Gasteiger partial charge in [-0.3, -0.25) is 9.79 Å². The van der Waals surface area contributed by atoms with Gasteiger partial charge >= 0.3 is 0 Å². The molecule has 23 heavy (non-hydrogen) atoms. The van der Waals surface area contributed by atoms with Crippen molar-refractivity contribution in [3.8, 4) is 0 Å². The molecule has 0 aliphatic carbocycles. The molecule has 0 aromatic rings.